The minimum Gasteiger partial charge on any atom is -0.307 e. The van der Waals surface area contributed by atoms with E-state index in [0.717, 1.165) is 0 Å². The lowest BCUT2D eigenvalue weighted by Gasteiger charge is -2.14. The zero-order valence-corrected chi connectivity index (χ0v) is 21.3. The summed E-state index contributed by atoms with van der Waals surface area (Å²) in [5.74, 6) is 0. The Morgan fingerprint density at radius 3 is 1.95 bits per heavy atom. The Morgan fingerprint density at radius 2 is 1.08 bits per heavy atom. The normalized spacial score (nSPS) is 12.2. The number of aromatic nitrogens is 1. The summed E-state index contributed by atoms with van der Waals surface area (Å²) < 4.78 is 5.20. The fourth-order valence-electron chi connectivity index (χ4n) is 6.60. The first kappa shape index (κ1) is 20.4. The minimum atomic E-state index is 1.25. The molecule has 0 aliphatic carbocycles. The van der Waals surface area contributed by atoms with Crippen molar-refractivity contribution >= 4 is 85.6 Å². The minimum absolute atomic E-state index is 1.25. The van der Waals surface area contributed by atoms with Gasteiger partial charge in [-0.2, -0.15) is 0 Å². The molecule has 0 radical (unpaired) electrons. The molecule has 0 fully saturated rings. The lowest BCUT2D eigenvalue weighted by Crippen LogP contribution is -1.95. The van der Waals surface area contributed by atoms with E-state index in [-0.39, 0.29) is 0 Å². The van der Waals surface area contributed by atoms with E-state index in [1.54, 1.807) is 0 Å². The van der Waals surface area contributed by atoms with Crippen molar-refractivity contribution in [2.24, 2.45) is 0 Å². The summed E-state index contributed by atoms with van der Waals surface area (Å²) in [6, 6.07) is 46.8. The van der Waals surface area contributed by atoms with E-state index in [1.807, 2.05) is 11.3 Å². The Morgan fingerprint density at radius 1 is 0.421 bits per heavy atom. The predicted molar refractivity (Wildman–Crippen MR) is 166 cm³/mol. The van der Waals surface area contributed by atoms with E-state index in [4.69, 9.17) is 0 Å². The van der Waals surface area contributed by atoms with E-state index in [9.17, 15) is 0 Å². The summed E-state index contributed by atoms with van der Waals surface area (Å²) in [4.78, 5) is 0. The number of nitrogens with zero attached hydrogens (tertiary/aromatic N) is 1. The van der Waals surface area contributed by atoms with Crippen molar-refractivity contribution in [3.63, 3.8) is 0 Å². The molecule has 2 heterocycles. The molecule has 0 spiro atoms. The second-order valence-electron chi connectivity index (χ2n) is 10.1. The lowest BCUT2D eigenvalue weighted by molar-refractivity contribution is 1.21. The van der Waals surface area contributed by atoms with Crippen LogP contribution in [0.2, 0.25) is 0 Å². The van der Waals surface area contributed by atoms with Crippen molar-refractivity contribution in [3.8, 4) is 5.69 Å². The summed E-state index contributed by atoms with van der Waals surface area (Å²) in [6.07, 6.45) is 0. The molecule has 0 unspecified atom stereocenters. The Kier molecular flexibility index (Phi) is 3.99. The van der Waals surface area contributed by atoms with E-state index in [0.29, 0.717) is 0 Å². The number of benzene rings is 7. The van der Waals surface area contributed by atoms with Gasteiger partial charge in [0.2, 0.25) is 0 Å². The van der Waals surface area contributed by atoms with Crippen molar-refractivity contribution in [1.29, 1.82) is 0 Å². The Labute approximate surface area is 222 Å². The van der Waals surface area contributed by atoms with Gasteiger partial charge in [0.25, 0.3) is 0 Å². The van der Waals surface area contributed by atoms with Crippen molar-refractivity contribution in [3.05, 3.63) is 127 Å². The molecule has 9 rings (SSSR count). The molecule has 0 amide bonds. The highest BCUT2D eigenvalue weighted by Crippen LogP contribution is 2.46. The van der Waals surface area contributed by atoms with Crippen LogP contribution in [0.25, 0.3) is 80.0 Å². The van der Waals surface area contributed by atoms with Crippen molar-refractivity contribution < 1.29 is 0 Å². The van der Waals surface area contributed by atoms with Gasteiger partial charge in [-0.1, -0.05) is 109 Å². The molecule has 0 saturated carbocycles. The highest BCUT2D eigenvalue weighted by atomic mass is 32.1. The Balaban J connectivity index is 1.60. The summed E-state index contributed by atoms with van der Waals surface area (Å²) >= 11 is 1.89. The van der Waals surface area contributed by atoms with Crippen LogP contribution >= 0.6 is 11.3 Å². The molecular formula is C36H21NS. The van der Waals surface area contributed by atoms with Gasteiger partial charge in [-0.15, -0.1) is 11.3 Å². The van der Waals surface area contributed by atoms with Gasteiger partial charge in [-0.3, -0.25) is 0 Å². The standard InChI is InChI=1S/C36H21NS/c1-2-11-23-22(10-1)20-21-29-33(23)25-13-3-4-14-26(25)34-28-15-5-7-17-30(28)37(35(29)34)31-18-9-16-27-24-12-6-8-19-32(24)38-36(27)31/h1-21H. The van der Waals surface area contributed by atoms with Crippen LogP contribution < -0.4 is 0 Å². The highest BCUT2D eigenvalue weighted by molar-refractivity contribution is 7.26. The summed E-state index contributed by atoms with van der Waals surface area (Å²) in [5.41, 5.74) is 3.79. The van der Waals surface area contributed by atoms with Gasteiger partial charge in [-0.25, -0.2) is 0 Å². The number of rotatable bonds is 1. The van der Waals surface area contributed by atoms with Gasteiger partial charge < -0.3 is 4.57 Å². The molecule has 0 aliphatic rings. The van der Waals surface area contributed by atoms with Crippen LogP contribution in [-0.4, -0.2) is 4.57 Å². The second-order valence-corrected chi connectivity index (χ2v) is 11.1. The quantitative estimate of drug-likeness (QED) is 0.198. The van der Waals surface area contributed by atoms with Crippen LogP contribution in [0.1, 0.15) is 0 Å². The van der Waals surface area contributed by atoms with Gasteiger partial charge in [0, 0.05) is 31.6 Å². The molecule has 0 atom stereocenters. The first-order chi connectivity index (χ1) is 18.9. The number of fused-ring (bicyclic) bond motifs is 13. The van der Waals surface area contributed by atoms with Crippen molar-refractivity contribution in [1.82, 2.24) is 4.57 Å². The van der Waals surface area contributed by atoms with Gasteiger partial charge in [0.05, 0.1) is 21.4 Å². The summed E-state index contributed by atoms with van der Waals surface area (Å²) in [5, 5.41) is 13.1. The second kappa shape index (κ2) is 7.44. The molecule has 0 bridgehead atoms. The van der Waals surface area contributed by atoms with Crippen molar-refractivity contribution in [2.75, 3.05) is 0 Å². The summed E-state index contributed by atoms with van der Waals surface area (Å²) in [7, 11) is 0. The molecule has 2 heteroatoms. The van der Waals surface area contributed by atoms with E-state index in [2.05, 4.69) is 132 Å². The smallest absolute Gasteiger partial charge is 0.0641 e. The predicted octanol–water partition coefficient (Wildman–Crippen LogP) is 10.6. The average Bonchev–Trinajstić information content (AvgIpc) is 3.53. The van der Waals surface area contributed by atoms with Crippen LogP contribution in [0.3, 0.4) is 0 Å². The molecule has 176 valence electrons. The third-order valence-corrected chi connectivity index (χ3v) is 9.36. The maximum absolute atomic E-state index is 2.53. The monoisotopic (exact) mass is 499 g/mol. The number of para-hydroxylation sites is 1. The van der Waals surface area contributed by atoms with Crippen LogP contribution in [0.5, 0.6) is 0 Å². The Hall–Kier alpha value is -4.66. The molecule has 2 aromatic heterocycles. The fourth-order valence-corrected chi connectivity index (χ4v) is 7.81. The SMILES string of the molecule is c1ccc2c(c1)ccc1c2c2ccccc2c2c3ccccc3n(-c3cccc4c3sc3ccccc34)c12. The molecule has 0 N–H and O–H groups in total. The van der Waals surface area contributed by atoms with Crippen molar-refractivity contribution in [2.45, 2.75) is 0 Å². The van der Waals surface area contributed by atoms with Crippen LogP contribution in [0, 0.1) is 0 Å². The van der Waals surface area contributed by atoms with Gasteiger partial charge in [0.15, 0.2) is 0 Å². The molecule has 38 heavy (non-hydrogen) atoms. The van der Waals surface area contributed by atoms with Crippen LogP contribution in [0.4, 0.5) is 0 Å². The molecule has 0 saturated heterocycles. The zero-order valence-electron chi connectivity index (χ0n) is 20.5. The maximum Gasteiger partial charge on any atom is 0.0641 e. The van der Waals surface area contributed by atoms with Crippen LogP contribution in [0.15, 0.2) is 127 Å². The molecule has 7 aromatic carbocycles. The fraction of sp³-hybridized carbons (Fsp3) is 0. The topological polar surface area (TPSA) is 4.93 Å². The maximum atomic E-state index is 2.53. The largest absolute Gasteiger partial charge is 0.307 e. The number of hydrogen-bond acceptors (Lipinski definition) is 1. The first-order valence-electron chi connectivity index (χ1n) is 13.0. The van der Waals surface area contributed by atoms with Gasteiger partial charge in [-0.05, 0) is 45.1 Å². The molecule has 1 nitrogen and oxygen atoms in total. The number of hydrogen-bond donors (Lipinski definition) is 0. The molecular weight excluding hydrogens is 478 g/mol. The zero-order chi connectivity index (χ0) is 24.8. The van der Waals surface area contributed by atoms with Crippen LogP contribution in [-0.2, 0) is 0 Å². The lowest BCUT2D eigenvalue weighted by atomic mass is 9.93. The van der Waals surface area contributed by atoms with E-state index < -0.39 is 0 Å². The number of thiophene rings is 1. The molecule has 9 aromatic rings. The average molecular weight is 500 g/mol. The third-order valence-electron chi connectivity index (χ3n) is 8.15. The van der Waals surface area contributed by atoms with Gasteiger partial charge >= 0.3 is 0 Å². The highest BCUT2D eigenvalue weighted by Gasteiger charge is 2.21. The first-order valence-corrected chi connectivity index (χ1v) is 13.9. The van der Waals surface area contributed by atoms with E-state index in [1.165, 1.54) is 80.0 Å². The third kappa shape index (κ3) is 2.55. The van der Waals surface area contributed by atoms with E-state index >= 15 is 0 Å². The van der Waals surface area contributed by atoms with Gasteiger partial charge in [0.1, 0.15) is 0 Å². The Bertz CT molecular complexity index is 2400. The molecule has 0 aliphatic heterocycles. The summed E-state index contributed by atoms with van der Waals surface area (Å²) in [6.45, 7) is 0.